The number of rotatable bonds is 5. The first kappa shape index (κ1) is 16.8. The van der Waals surface area contributed by atoms with Crippen molar-refractivity contribution in [3.63, 3.8) is 0 Å². The summed E-state index contributed by atoms with van der Waals surface area (Å²) in [7, 11) is 1.45. The first-order valence-electron chi connectivity index (χ1n) is 6.51. The Morgan fingerprint density at radius 1 is 1.32 bits per heavy atom. The molecule has 0 aliphatic carbocycles. The van der Waals surface area contributed by atoms with Crippen LogP contribution in [0.4, 0.5) is 13.2 Å². The Hall–Kier alpha value is -1.57. The van der Waals surface area contributed by atoms with E-state index < -0.39 is 17.8 Å². The molecule has 22 heavy (non-hydrogen) atoms. The predicted octanol–water partition coefficient (Wildman–Crippen LogP) is 2.92. The van der Waals surface area contributed by atoms with Gasteiger partial charge in [-0.25, -0.2) is 0 Å². The third-order valence-electron chi connectivity index (χ3n) is 3.25. The minimum atomic E-state index is -4.44. The molecule has 2 N–H and O–H groups in total. The van der Waals surface area contributed by atoms with E-state index in [0.717, 1.165) is 6.20 Å². The summed E-state index contributed by atoms with van der Waals surface area (Å²) in [5.74, 6) is 0. The van der Waals surface area contributed by atoms with Gasteiger partial charge in [0.1, 0.15) is 0 Å². The van der Waals surface area contributed by atoms with Crippen LogP contribution in [0.2, 0.25) is 5.02 Å². The highest BCUT2D eigenvalue weighted by Crippen LogP contribution is 2.31. The van der Waals surface area contributed by atoms with Gasteiger partial charge in [-0.05, 0) is 17.7 Å². The van der Waals surface area contributed by atoms with Gasteiger partial charge in [-0.2, -0.15) is 18.3 Å². The number of alkyl halides is 3. The Kier molecular flexibility index (Phi) is 5.10. The molecule has 0 bridgehead atoms. The maximum atomic E-state index is 12.8. The molecule has 0 amide bonds. The fourth-order valence-corrected chi connectivity index (χ4v) is 2.17. The van der Waals surface area contributed by atoms with E-state index in [2.05, 4.69) is 10.4 Å². The molecule has 0 radical (unpaired) electrons. The highest BCUT2D eigenvalue weighted by Gasteiger charge is 2.35. The number of hydrogen-bond acceptors (Lipinski definition) is 3. The van der Waals surface area contributed by atoms with Gasteiger partial charge in [0, 0.05) is 25.2 Å². The first-order valence-corrected chi connectivity index (χ1v) is 6.89. The van der Waals surface area contributed by atoms with E-state index >= 15 is 0 Å². The van der Waals surface area contributed by atoms with Crippen molar-refractivity contribution in [1.29, 1.82) is 0 Å². The van der Waals surface area contributed by atoms with Gasteiger partial charge in [0.05, 0.1) is 23.6 Å². The smallest absolute Gasteiger partial charge is 0.387 e. The number of nitrogens with one attached hydrogen (secondary N) is 1. The van der Waals surface area contributed by atoms with E-state index in [1.54, 1.807) is 24.3 Å². The maximum Gasteiger partial charge on any atom is 0.419 e. The fourth-order valence-electron chi connectivity index (χ4n) is 2.04. The number of hydrogen-bond donors (Lipinski definition) is 2. The average molecular weight is 334 g/mol. The lowest BCUT2D eigenvalue weighted by Crippen LogP contribution is -2.24. The van der Waals surface area contributed by atoms with Gasteiger partial charge in [-0.15, -0.1) is 0 Å². The molecule has 4 nitrogen and oxygen atoms in total. The Labute approximate surface area is 130 Å². The molecular weight excluding hydrogens is 319 g/mol. The van der Waals surface area contributed by atoms with Crippen LogP contribution in [0.5, 0.6) is 0 Å². The molecule has 0 saturated heterocycles. The summed E-state index contributed by atoms with van der Waals surface area (Å²) in [6, 6.07) is 6.62. The third-order valence-corrected chi connectivity index (χ3v) is 3.50. The summed E-state index contributed by atoms with van der Waals surface area (Å²) in [4.78, 5) is 0. The molecular formula is C14H15ClF3N3O. The van der Waals surface area contributed by atoms with Crippen LogP contribution >= 0.6 is 11.6 Å². The monoisotopic (exact) mass is 333 g/mol. The lowest BCUT2D eigenvalue weighted by molar-refractivity contribution is -0.138. The zero-order valence-corrected chi connectivity index (χ0v) is 12.5. The number of aryl methyl sites for hydroxylation is 1. The summed E-state index contributed by atoms with van der Waals surface area (Å²) < 4.78 is 39.6. The molecule has 0 unspecified atom stereocenters. The van der Waals surface area contributed by atoms with Crippen LogP contribution in [-0.4, -0.2) is 21.4 Å². The van der Waals surface area contributed by atoms with E-state index in [1.807, 2.05) is 0 Å². The van der Waals surface area contributed by atoms with Crippen LogP contribution in [0.25, 0.3) is 0 Å². The van der Waals surface area contributed by atoms with Crippen molar-refractivity contribution in [3.05, 3.63) is 52.3 Å². The van der Waals surface area contributed by atoms with E-state index in [1.165, 1.54) is 11.7 Å². The second-order valence-electron chi connectivity index (χ2n) is 4.82. The van der Waals surface area contributed by atoms with Crippen LogP contribution in [0.15, 0.2) is 30.5 Å². The number of halogens is 4. The van der Waals surface area contributed by atoms with Gasteiger partial charge in [0.15, 0.2) is 0 Å². The van der Waals surface area contributed by atoms with E-state index in [4.69, 9.17) is 11.6 Å². The zero-order valence-electron chi connectivity index (χ0n) is 11.7. The van der Waals surface area contributed by atoms with Gasteiger partial charge < -0.3 is 10.4 Å². The van der Waals surface area contributed by atoms with E-state index in [9.17, 15) is 18.3 Å². The topological polar surface area (TPSA) is 50.1 Å². The second-order valence-corrected chi connectivity index (χ2v) is 5.26. The summed E-state index contributed by atoms with van der Waals surface area (Å²) in [6.07, 6.45) is -4.48. The molecule has 1 aromatic heterocycles. The molecule has 1 aromatic carbocycles. The molecule has 120 valence electrons. The third kappa shape index (κ3) is 4.00. The summed E-state index contributed by atoms with van der Waals surface area (Å²) in [5.41, 5.74) is -0.114. The van der Waals surface area contributed by atoms with E-state index in [-0.39, 0.29) is 18.8 Å². The molecule has 0 spiro atoms. The zero-order chi connectivity index (χ0) is 16.3. The minimum absolute atomic E-state index is 0.0239. The normalized spacial score (nSPS) is 13.4. The molecule has 2 aromatic rings. The van der Waals surface area contributed by atoms with Crippen LogP contribution in [-0.2, 0) is 19.8 Å². The Balaban J connectivity index is 1.97. The molecule has 0 saturated carbocycles. The van der Waals surface area contributed by atoms with E-state index in [0.29, 0.717) is 10.6 Å². The Bertz CT molecular complexity index is 625. The lowest BCUT2D eigenvalue weighted by Gasteiger charge is -2.14. The summed E-state index contributed by atoms with van der Waals surface area (Å²) in [5, 5.41) is 17.0. The average Bonchev–Trinajstić information content (AvgIpc) is 2.81. The van der Waals surface area contributed by atoms with Crippen molar-refractivity contribution >= 4 is 11.6 Å². The first-order chi connectivity index (χ1) is 10.3. The SMILES string of the molecule is Cn1ncc(C(F)(F)F)c1CNC[C@H](O)c1ccc(Cl)cc1. The van der Waals surface area contributed by atoms with Crippen LogP contribution < -0.4 is 5.32 Å². The van der Waals surface area contributed by atoms with Crippen molar-refractivity contribution < 1.29 is 18.3 Å². The van der Waals surface area contributed by atoms with Gasteiger partial charge >= 0.3 is 6.18 Å². The standard InChI is InChI=1S/C14H15ClF3N3O/c1-21-12(11(6-20-21)14(16,17)18)7-19-8-13(22)9-2-4-10(15)5-3-9/h2-6,13,19,22H,7-8H2,1H3/t13-/m0/s1. The quantitative estimate of drug-likeness (QED) is 0.884. The molecule has 0 aliphatic rings. The Morgan fingerprint density at radius 2 is 1.95 bits per heavy atom. The number of aliphatic hydroxyl groups excluding tert-OH is 1. The lowest BCUT2D eigenvalue weighted by atomic mass is 10.1. The molecule has 0 aliphatic heterocycles. The van der Waals surface area contributed by atoms with Crippen molar-refractivity contribution in [1.82, 2.24) is 15.1 Å². The molecule has 2 rings (SSSR count). The number of aliphatic hydroxyl groups is 1. The number of aromatic nitrogens is 2. The van der Waals surface area contributed by atoms with Gasteiger partial charge in [0.25, 0.3) is 0 Å². The van der Waals surface area contributed by atoms with Crippen LogP contribution in [0.3, 0.4) is 0 Å². The molecule has 1 atom stereocenters. The van der Waals surface area contributed by atoms with Gasteiger partial charge in [-0.1, -0.05) is 23.7 Å². The van der Waals surface area contributed by atoms with Crippen molar-refractivity contribution in [2.75, 3.05) is 6.54 Å². The Morgan fingerprint density at radius 3 is 2.55 bits per heavy atom. The summed E-state index contributed by atoms with van der Waals surface area (Å²) >= 11 is 5.75. The molecule has 0 fully saturated rings. The van der Waals surface area contributed by atoms with Gasteiger partial charge in [0.2, 0.25) is 0 Å². The predicted molar refractivity (Wildman–Crippen MR) is 76.3 cm³/mol. The fraction of sp³-hybridized carbons (Fsp3) is 0.357. The van der Waals surface area contributed by atoms with Gasteiger partial charge in [-0.3, -0.25) is 4.68 Å². The van der Waals surface area contributed by atoms with Crippen molar-refractivity contribution in [2.24, 2.45) is 7.05 Å². The summed E-state index contributed by atoms with van der Waals surface area (Å²) in [6.45, 7) is 0.0695. The van der Waals surface area contributed by atoms with Crippen LogP contribution in [0.1, 0.15) is 22.9 Å². The maximum absolute atomic E-state index is 12.8. The minimum Gasteiger partial charge on any atom is -0.387 e. The van der Waals surface area contributed by atoms with Crippen molar-refractivity contribution in [2.45, 2.75) is 18.8 Å². The molecule has 1 heterocycles. The second kappa shape index (κ2) is 6.68. The highest BCUT2D eigenvalue weighted by molar-refractivity contribution is 6.30. The number of nitrogens with zero attached hydrogens (tertiary/aromatic N) is 2. The molecule has 8 heteroatoms. The van der Waals surface area contributed by atoms with Crippen LogP contribution in [0, 0.1) is 0 Å². The van der Waals surface area contributed by atoms with Crippen molar-refractivity contribution in [3.8, 4) is 0 Å². The number of benzene rings is 1. The highest BCUT2D eigenvalue weighted by atomic mass is 35.5. The largest absolute Gasteiger partial charge is 0.419 e.